The molecule has 0 bridgehead atoms. The summed E-state index contributed by atoms with van der Waals surface area (Å²) in [7, 11) is 1.63. The zero-order valence-electron chi connectivity index (χ0n) is 20.4. The lowest BCUT2D eigenvalue weighted by atomic mass is 10.2. The van der Waals surface area contributed by atoms with E-state index in [0.29, 0.717) is 34.9 Å². The number of hydrogen-bond donors (Lipinski definition) is 1. The molecule has 0 radical (unpaired) electrons. The minimum atomic E-state index is -0.178. The Hall–Kier alpha value is -3.51. The van der Waals surface area contributed by atoms with Gasteiger partial charge in [-0.25, -0.2) is 0 Å². The van der Waals surface area contributed by atoms with E-state index >= 15 is 0 Å². The van der Waals surface area contributed by atoms with Crippen LogP contribution in [0.25, 0.3) is 11.4 Å². The lowest BCUT2D eigenvalue weighted by Crippen LogP contribution is -2.20. The smallest absolute Gasteiger partial charge is 0.235 e. The van der Waals surface area contributed by atoms with E-state index in [4.69, 9.17) is 4.74 Å². The maximum absolute atomic E-state index is 13.0. The number of allylic oxidation sites excluding steroid dienone is 1. The van der Waals surface area contributed by atoms with E-state index in [1.165, 1.54) is 24.6 Å². The molecule has 1 aromatic carbocycles. The molecule has 1 N–H and O–H groups in total. The van der Waals surface area contributed by atoms with Gasteiger partial charge in [0, 0.05) is 23.8 Å². The Morgan fingerprint density at radius 2 is 2.00 bits per heavy atom. The van der Waals surface area contributed by atoms with Crippen molar-refractivity contribution in [1.82, 2.24) is 19.3 Å². The van der Waals surface area contributed by atoms with Crippen molar-refractivity contribution in [3.8, 4) is 23.2 Å². The number of thioether (sulfide) groups is 1. The Bertz CT molecular complexity index is 1260. The molecule has 4 rings (SSSR count). The highest BCUT2D eigenvalue weighted by atomic mass is 32.2. The number of carbonyl (C=O) groups excluding carboxylic acids is 1. The van der Waals surface area contributed by atoms with Crippen molar-refractivity contribution < 1.29 is 9.53 Å². The quantitative estimate of drug-likeness (QED) is 0.324. The zero-order chi connectivity index (χ0) is 24.9. The molecule has 1 saturated carbocycles. The molecule has 0 spiro atoms. The SMILES string of the molecule is C=CCn1c(SCC(=O)Nc2c(C#N)c(C)c(C)n2C2CCCC2)nnc1-c1ccc(OC)cc1. The number of anilines is 1. The normalized spacial score (nSPS) is 13.5. The average molecular weight is 491 g/mol. The minimum Gasteiger partial charge on any atom is -0.497 e. The second-order valence-corrected chi connectivity index (χ2v) is 9.57. The van der Waals surface area contributed by atoms with Crippen molar-refractivity contribution in [2.45, 2.75) is 57.3 Å². The van der Waals surface area contributed by atoms with Crippen LogP contribution in [0.4, 0.5) is 5.82 Å². The first-order valence-corrected chi connectivity index (χ1v) is 12.7. The van der Waals surface area contributed by atoms with E-state index in [0.717, 1.165) is 35.4 Å². The van der Waals surface area contributed by atoms with Crippen molar-refractivity contribution in [1.29, 1.82) is 5.26 Å². The third-order valence-corrected chi connectivity index (χ3v) is 7.49. The van der Waals surface area contributed by atoms with Gasteiger partial charge in [0.2, 0.25) is 5.91 Å². The molecule has 0 unspecified atom stereocenters. The topological polar surface area (TPSA) is 97.8 Å². The lowest BCUT2D eigenvalue weighted by molar-refractivity contribution is -0.113. The number of hydrogen-bond acceptors (Lipinski definition) is 6. The fraction of sp³-hybridized carbons (Fsp3) is 0.385. The molecule has 3 aromatic rings. The third-order valence-electron chi connectivity index (χ3n) is 6.53. The predicted octanol–water partition coefficient (Wildman–Crippen LogP) is 5.28. The molecule has 1 aliphatic carbocycles. The molecule has 8 nitrogen and oxygen atoms in total. The monoisotopic (exact) mass is 490 g/mol. The van der Waals surface area contributed by atoms with Crippen LogP contribution in [0.5, 0.6) is 5.75 Å². The van der Waals surface area contributed by atoms with Crippen LogP contribution in [0, 0.1) is 25.2 Å². The Balaban J connectivity index is 1.52. The number of nitrogens with zero attached hydrogens (tertiary/aromatic N) is 5. The van der Waals surface area contributed by atoms with Gasteiger partial charge in [-0.05, 0) is 56.5 Å². The zero-order valence-corrected chi connectivity index (χ0v) is 21.2. The van der Waals surface area contributed by atoms with Gasteiger partial charge in [0.15, 0.2) is 11.0 Å². The van der Waals surface area contributed by atoms with E-state index in [-0.39, 0.29) is 11.7 Å². The third kappa shape index (κ3) is 4.98. The van der Waals surface area contributed by atoms with Gasteiger partial charge in [-0.15, -0.1) is 16.8 Å². The largest absolute Gasteiger partial charge is 0.497 e. The van der Waals surface area contributed by atoms with Crippen LogP contribution in [0.1, 0.15) is 48.5 Å². The van der Waals surface area contributed by atoms with Crippen LogP contribution in [0.2, 0.25) is 0 Å². The molecule has 1 fully saturated rings. The summed E-state index contributed by atoms with van der Waals surface area (Å²) in [4.78, 5) is 13.0. The van der Waals surface area contributed by atoms with Gasteiger partial charge in [-0.3, -0.25) is 9.36 Å². The van der Waals surface area contributed by atoms with Gasteiger partial charge >= 0.3 is 0 Å². The fourth-order valence-corrected chi connectivity index (χ4v) is 5.39. The van der Waals surface area contributed by atoms with Crippen molar-refractivity contribution >= 4 is 23.5 Å². The number of nitrogens with one attached hydrogen (secondary N) is 1. The van der Waals surface area contributed by atoms with Crippen LogP contribution in [-0.2, 0) is 11.3 Å². The Kier molecular flexibility index (Phi) is 7.61. The summed E-state index contributed by atoms with van der Waals surface area (Å²) in [6.07, 6.45) is 6.25. The van der Waals surface area contributed by atoms with Gasteiger partial charge < -0.3 is 14.6 Å². The number of nitriles is 1. The van der Waals surface area contributed by atoms with Crippen molar-refractivity contribution in [2.24, 2.45) is 0 Å². The standard InChI is InChI=1S/C26H30N6O2S/c1-5-14-31-24(19-10-12-21(34-4)13-11-19)29-30-26(31)35-16-23(33)28-25-22(15-27)17(2)18(3)32(25)20-8-6-7-9-20/h5,10-13,20H,1,6-9,14,16H2,2-4H3,(H,28,33). The van der Waals surface area contributed by atoms with E-state index in [2.05, 4.69) is 32.7 Å². The highest BCUT2D eigenvalue weighted by molar-refractivity contribution is 7.99. The molecule has 0 aliphatic heterocycles. The highest BCUT2D eigenvalue weighted by Crippen LogP contribution is 2.38. The number of amides is 1. The average Bonchev–Trinajstić information content (AvgIpc) is 3.58. The first-order chi connectivity index (χ1) is 17.0. The molecule has 9 heteroatoms. The Morgan fingerprint density at radius 1 is 1.29 bits per heavy atom. The summed E-state index contributed by atoms with van der Waals surface area (Å²) in [5.74, 6) is 2.05. The van der Waals surface area contributed by atoms with E-state index in [1.54, 1.807) is 13.2 Å². The number of methoxy groups -OCH3 is 1. The molecule has 182 valence electrons. The van der Waals surface area contributed by atoms with Crippen LogP contribution in [0.3, 0.4) is 0 Å². The molecule has 1 amide bonds. The van der Waals surface area contributed by atoms with Crippen LogP contribution in [-0.4, -0.2) is 38.1 Å². The highest BCUT2D eigenvalue weighted by Gasteiger charge is 2.27. The van der Waals surface area contributed by atoms with E-state index in [1.807, 2.05) is 42.7 Å². The number of ether oxygens (including phenoxy) is 1. The summed E-state index contributed by atoms with van der Waals surface area (Å²) < 4.78 is 9.33. The molecule has 2 heterocycles. The molecule has 0 saturated heterocycles. The summed E-state index contributed by atoms with van der Waals surface area (Å²) in [5.41, 5.74) is 3.42. The van der Waals surface area contributed by atoms with Crippen molar-refractivity contribution in [3.05, 3.63) is 53.7 Å². The molecular weight excluding hydrogens is 460 g/mol. The van der Waals surface area contributed by atoms with E-state index in [9.17, 15) is 10.1 Å². The maximum Gasteiger partial charge on any atom is 0.235 e. The van der Waals surface area contributed by atoms with Crippen LogP contribution < -0.4 is 10.1 Å². The number of rotatable bonds is 9. The fourth-order valence-electron chi connectivity index (χ4n) is 4.65. The van der Waals surface area contributed by atoms with Gasteiger partial charge in [0.05, 0.1) is 18.4 Å². The number of carbonyl (C=O) groups is 1. The minimum absolute atomic E-state index is 0.150. The van der Waals surface area contributed by atoms with Gasteiger partial charge in [0.25, 0.3) is 0 Å². The second-order valence-electron chi connectivity index (χ2n) is 8.62. The van der Waals surface area contributed by atoms with Crippen LogP contribution >= 0.6 is 11.8 Å². The number of benzene rings is 1. The van der Waals surface area contributed by atoms with E-state index < -0.39 is 0 Å². The number of aromatic nitrogens is 4. The summed E-state index contributed by atoms with van der Waals surface area (Å²) in [6, 6.07) is 10.2. The molecule has 0 atom stereocenters. The maximum atomic E-state index is 13.0. The van der Waals surface area contributed by atoms with Crippen molar-refractivity contribution in [3.63, 3.8) is 0 Å². The van der Waals surface area contributed by atoms with Crippen LogP contribution in [0.15, 0.2) is 42.1 Å². The molecule has 2 aromatic heterocycles. The first kappa shape index (κ1) is 24.6. The van der Waals surface area contributed by atoms with Crippen molar-refractivity contribution in [2.75, 3.05) is 18.2 Å². The predicted molar refractivity (Wildman–Crippen MR) is 138 cm³/mol. The van der Waals surface area contributed by atoms with Gasteiger partial charge in [-0.1, -0.05) is 30.7 Å². The van der Waals surface area contributed by atoms with Gasteiger partial charge in [0.1, 0.15) is 17.6 Å². The Labute approximate surface area is 210 Å². The molecular formula is C26H30N6O2S. The Morgan fingerprint density at radius 3 is 2.63 bits per heavy atom. The molecule has 35 heavy (non-hydrogen) atoms. The summed E-state index contributed by atoms with van der Waals surface area (Å²) >= 11 is 1.31. The summed E-state index contributed by atoms with van der Waals surface area (Å²) in [5, 5.41) is 22.1. The lowest BCUT2D eigenvalue weighted by Gasteiger charge is -2.19. The van der Waals surface area contributed by atoms with Gasteiger partial charge in [-0.2, -0.15) is 5.26 Å². The summed E-state index contributed by atoms with van der Waals surface area (Å²) in [6.45, 7) is 8.33. The molecule has 1 aliphatic rings. The second kappa shape index (κ2) is 10.8. The first-order valence-electron chi connectivity index (χ1n) is 11.7.